The molecule has 0 saturated carbocycles. The fourth-order valence-corrected chi connectivity index (χ4v) is 2.51. The zero-order valence-corrected chi connectivity index (χ0v) is 9.23. The smallest absolute Gasteiger partial charge is 0.381 e. The molecule has 6 heteroatoms. The standard InChI is InChI=1S/C10H17F3N2O/c1-9(7-2-4-16-5-3-7)14-6-8(15-9)10(11,12)13/h7-8,14-15H,2-6H2,1H3. The molecule has 2 rings (SSSR count). The zero-order chi connectivity index (χ0) is 11.8. The molecule has 16 heavy (non-hydrogen) atoms. The van der Waals surface area contributed by atoms with Gasteiger partial charge in [0, 0.05) is 19.8 Å². The van der Waals surface area contributed by atoms with Crippen LogP contribution in [-0.2, 0) is 4.74 Å². The molecule has 2 unspecified atom stereocenters. The molecule has 0 aliphatic carbocycles. The van der Waals surface area contributed by atoms with Gasteiger partial charge < -0.3 is 4.74 Å². The number of hydrogen-bond acceptors (Lipinski definition) is 3. The molecule has 2 aliphatic rings. The first-order valence-corrected chi connectivity index (χ1v) is 5.59. The summed E-state index contributed by atoms with van der Waals surface area (Å²) in [5.74, 6) is 0.202. The van der Waals surface area contributed by atoms with Crippen LogP contribution >= 0.6 is 0 Å². The quantitative estimate of drug-likeness (QED) is 0.721. The van der Waals surface area contributed by atoms with Crippen molar-refractivity contribution in [2.45, 2.75) is 37.6 Å². The maximum Gasteiger partial charge on any atom is 0.405 e. The first-order chi connectivity index (χ1) is 7.42. The Morgan fingerprint density at radius 2 is 1.88 bits per heavy atom. The van der Waals surface area contributed by atoms with E-state index < -0.39 is 17.9 Å². The Bertz CT molecular complexity index is 253. The minimum Gasteiger partial charge on any atom is -0.381 e. The number of rotatable bonds is 1. The molecule has 0 radical (unpaired) electrons. The van der Waals surface area contributed by atoms with Crippen molar-refractivity contribution >= 4 is 0 Å². The molecule has 3 nitrogen and oxygen atoms in total. The van der Waals surface area contributed by atoms with E-state index in [1.54, 1.807) is 0 Å². The summed E-state index contributed by atoms with van der Waals surface area (Å²) in [6.45, 7) is 3.05. The van der Waals surface area contributed by atoms with Gasteiger partial charge in [0.2, 0.25) is 0 Å². The average Bonchev–Trinajstić information content (AvgIpc) is 2.63. The molecular weight excluding hydrogens is 221 g/mol. The Morgan fingerprint density at radius 3 is 2.38 bits per heavy atom. The van der Waals surface area contributed by atoms with Gasteiger partial charge in [-0.3, -0.25) is 10.6 Å². The van der Waals surface area contributed by atoms with Crippen molar-refractivity contribution in [3.63, 3.8) is 0 Å². The van der Waals surface area contributed by atoms with Crippen LogP contribution in [0, 0.1) is 5.92 Å². The Kier molecular flexibility index (Phi) is 3.16. The van der Waals surface area contributed by atoms with Crippen LogP contribution < -0.4 is 10.6 Å². The average molecular weight is 238 g/mol. The summed E-state index contributed by atoms with van der Waals surface area (Å²) in [5.41, 5.74) is -0.607. The summed E-state index contributed by atoms with van der Waals surface area (Å²) in [6.07, 6.45) is -2.56. The van der Waals surface area contributed by atoms with Gasteiger partial charge in [-0.1, -0.05) is 0 Å². The summed E-state index contributed by atoms with van der Waals surface area (Å²) in [6, 6.07) is -1.43. The molecule has 94 valence electrons. The van der Waals surface area contributed by atoms with E-state index in [4.69, 9.17) is 4.74 Å². The normalized spacial score (nSPS) is 37.9. The third-order valence-corrected chi connectivity index (χ3v) is 3.58. The highest BCUT2D eigenvalue weighted by atomic mass is 19.4. The maximum absolute atomic E-state index is 12.5. The van der Waals surface area contributed by atoms with Crippen LogP contribution in [0.25, 0.3) is 0 Å². The van der Waals surface area contributed by atoms with Gasteiger partial charge in [0.25, 0.3) is 0 Å². The van der Waals surface area contributed by atoms with E-state index in [1.807, 2.05) is 6.92 Å². The van der Waals surface area contributed by atoms with E-state index in [9.17, 15) is 13.2 Å². The molecular formula is C10H17F3N2O. The van der Waals surface area contributed by atoms with Gasteiger partial charge in [0.15, 0.2) is 0 Å². The summed E-state index contributed by atoms with van der Waals surface area (Å²) in [4.78, 5) is 0. The highest BCUT2D eigenvalue weighted by Crippen LogP contribution is 2.32. The highest BCUT2D eigenvalue weighted by molar-refractivity contribution is 5.00. The van der Waals surface area contributed by atoms with Crippen molar-refractivity contribution < 1.29 is 17.9 Å². The fraction of sp³-hybridized carbons (Fsp3) is 1.00. The van der Waals surface area contributed by atoms with E-state index in [1.165, 1.54) is 0 Å². The Labute approximate surface area is 92.7 Å². The van der Waals surface area contributed by atoms with E-state index in [2.05, 4.69) is 10.6 Å². The second-order valence-electron chi connectivity index (χ2n) is 4.71. The molecule has 0 amide bonds. The molecule has 2 atom stereocenters. The lowest BCUT2D eigenvalue weighted by Crippen LogP contribution is -2.56. The van der Waals surface area contributed by atoms with Crippen LogP contribution in [0.5, 0.6) is 0 Å². The third kappa shape index (κ3) is 2.33. The molecule has 0 aromatic carbocycles. The van der Waals surface area contributed by atoms with E-state index >= 15 is 0 Å². The molecule has 0 bridgehead atoms. The minimum atomic E-state index is -4.17. The largest absolute Gasteiger partial charge is 0.405 e. The molecule has 0 aromatic heterocycles. The van der Waals surface area contributed by atoms with E-state index in [0.29, 0.717) is 13.2 Å². The van der Waals surface area contributed by atoms with Crippen LogP contribution in [0.4, 0.5) is 13.2 Å². The summed E-state index contributed by atoms with van der Waals surface area (Å²) >= 11 is 0. The van der Waals surface area contributed by atoms with Gasteiger partial charge in [-0.2, -0.15) is 13.2 Å². The van der Waals surface area contributed by atoms with Crippen molar-refractivity contribution in [2.24, 2.45) is 5.92 Å². The molecule has 2 aliphatic heterocycles. The van der Waals surface area contributed by atoms with Gasteiger partial charge in [0.05, 0.1) is 5.66 Å². The third-order valence-electron chi connectivity index (χ3n) is 3.58. The predicted molar refractivity (Wildman–Crippen MR) is 52.9 cm³/mol. The van der Waals surface area contributed by atoms with Gasteiger partial charge in [-0.05, 0) is 25.7 Å². The highest BCUT2D eigenvalue weighted by Gasteiger charge is 2.50. The first-order valence-electron chi connectivity index (χ1n) is 5.59. The second kappa shape index (κ2) is 4.16. The minimum absolute atomic E-state index is 0.0443. The molecule has 2 saturated heterocycles. The Balaban J connectivity index is 1.99. The fourth-order valence-electron chi connectivity index (χ4n) is 2.51. The lowest BCUT2D eigenvalue weighted by Gasteiger charge is -2.37. The lowest BCUT2D eigenvalue weighted by atomic mass is 9.87. The Hall–Kier alpha value is -0.330. The predicted octanol–water partition coefficient (Wildman–Crippen LogP) is 1.25. The van der Waals surface area contributed by atoms with Crippen LogP contribution in [0.3, 0.4) is 0 Å². The molecule has 2 heterocycles. The number of alkyl halides is 3. The molecule has 2 N–H and O–H groups in total. The van der Waals surface area contributed by atoms with Crippen LogP contribution in [-0.4, -0.2) is 37.6 Å². The van der Waals surface area contributed by atoms with E-state index in [-0.39, 0.29) is 12.5 Å². The van der Waals surface area contributed by atoms with Crippen molar-refractivity contribution in [3.8, 4) is 0 Å². The van der Waals surface area contributed by atoms with Gasteiger partial charge in [0.1, 0.15) is 6.04 Å². The van der Waals surface area contributed by atoms with Crippen molar-refractivity contribution in [3.05, 3.63) is 0 Å². The summed E-state index contributed by atoms with van der Waals surface area (Å²) < 4.78 is 42.9. The van der Waals surface area contributed by atoms with Crippen LogP contribution in [0.15, 0.2) is 0 Å². The first kappa shape index (κ1) is 12.1. The van der Waals surface area contributed by atoms with Gasteiger partial charge >= 0.3 is 6.18 Å². The Morgan fingerprint density at radius 1 is 1.25 bits per heavy atom. The SMILES string of the molecule is CC1(C2CCOCC2)NCC(C(F)(F)F)N1. The van der Waals surface area contributed by atoms with Crippen LogP contribution in [0.1, 0.15) is 19.8 Å². The summed E-state index contributed by atoms with van der Waals surface area (Å²) in [7, 11) is 0. The topological polar surface area (TPSA) is 33.3 Å². The lowest BCUT2D eigenvalue weighted by molar-refractivity contribution is -0.152. The molecule has 0 spiro atoms. The summed E-state index contributed by atoms with van der Waals surface area (Å²) in [5, 5.41) is 5.66. The van der Waals surface area contributed by atoms with Gasteiger partial charge in [-0.15, -0.1) is 0 Å². The van der Waals surface area contributed by atoms with Crippen LogP contribution in [0.2, 0.25) is 0 Å². The second-order valence-corrected chi connectivity index (χ2v) is 4.71. The maximum atomic E-state index is 12.5. The van der Waals surface area contributed by atoms with E-state index in [0.717, 1.165) is 12.8 Å². The number of hydrogen-bond donors (Lipinski definition) is 2. The van der Waals surface area contributed by atoms with Crippen molar-refractivity contribution in [2.75, 3.05) is 19.8 Å². The van der Waals surface area contributed by atoms with Crippen molar-refractivity contribution in [1.29, 1.82) is 0 Å². The van der Waals surface area contributed by atoms with Crippen molar-refractivity contribution in [1.82, 2.24) is 10.6 Å². The monoisotopic (exact) mass is 238 g/mol. The molecule has 2 fully saturated rings. The number of halogens is 3. The number of nitrogens with one attached hydrogen (secondary N) is 2. The molecule has 0 aromatic rings. The zero-order valence-electron chi connectivity index (χ0n) is 9.23. The number of ether oxygens (including phenoxy) is 1. The van der Waals surface area contributed by atoms with Gasteiger partial charge in [-0.25, -0.2) is 0 Å².